The lowest BCUT2D eigenvalue weighted by atomic mass is 10.2. The highest BCUT2D eigenvalue weighted by molar-refractivity contribution is 6.09. The van der Waals surface area contributed by atoms with Gasteiger partial charge in [-0.3, -0.25) is 4.79 Å². The lowest BCUT2D eigenvalue weighted by Crippen LogP contribution is -2.13. The third-order valence-corrected chi connectivity index (χ3v) is 2.97. The van der Waals surface area contributed by atoms with Gasteiger partial charge in [-0.15, -0.1) is 0 Å². The molecule has 1 aromatic carbocycles. The second-order valence-corrected chi connectivity index (χ2v) is 4.40. The van der Waals surface area contributed by atoms with Crippen LogP contribution in [0, 0.1) is 11.3 Å². The number of amides is 1. The highest BCUT2D eigenvalue weighted by atomic mass is 16.5. The van der Waals surface area contributed by atoms with Crippen LogP contribution in [0.25, 0.3) is 6.08 Å². The molecule has 1 heterocycles. The largest absolute Gasteiger partial charge is 0.497 e. The maximum atomic E-state index is 12.1. The zero-order chi connectivity index (χ0) is 15.2. The number of hydrogen-bond acceptors (Lipinski definition) is 3. The second-order valence-electron chi connectivity index (χ2n) is 4.40. The van der Waals surface area contributed by atoms with Gasteiger partial charge < -0.3 is 14.6 Å². The Balaban J connectivity index is 2.20. The first-order chi connectivity index (χ1) is 10.1. The van der Waals surface area contributed by atoms with E-state index in [1.54, 1.807) is 37.5 Å². The fraction of sp³-hybridized carbons (Fsp3) is 0.125. The summed E-state index contributed by atoms with van der Waals surface area (Å²) in [4.78, 5) is 12.1. The standard InChI is InChI=1S/C16H15N3O2/c1-19-8-4-6-14(19)9-12(11-17)16(20)18-13-5-3-7-15(10-13)21-2/h3-10H,1-2H3,(H,18,20)/b12-9+. The molecule has 0 spiro atoms. The molecule has 5 nitrogen and oxygen atoms in total. The van der Waals surface area contributed by atoms with Gasteiger partial charge in [-0.25, -0.2) is 0 Å². The van der Waals surface area contributed by atoms with E-state index in [0.717, 1.165) is 5.69 Å². The number of ether oxygens (including phenoxy) is 1. The quantitative estimate of drug-likeness (QED) is 0.692. The first kappa shape index (κ1) is 14.4. The van der Waals surface area contributed by atoms with Gasteiger partial charge in [-0.05, 0) is 30.3 Å². The minimum atomic E-state index is -0.452. The number of rotatable bonds is 4. The zero-order valence-corrected chi connectivity index (χ0v) is 11.8. The molecular formula is C16H15N3O2. The van der Waals surface area contributed by atoms with E-state index in [1.165, 1.54) is 0 Å². The predicted molar refractivity (Wildman–Crippen MR) is 80.6 cm³/mol. The van der Waals surface area contributed by atoms with Crippen molar-refractivity contribution in [2.45, 2.75) is 0 Å². The summed E-state index contributed by atoms with van der Waals surface area (Å²) < 4.78 is 6.92. The number of aromatic nitrogens is 1. The van der Waals surface area contributed by atoms with Gasteiger partial charge in [-0.1, -0.05) is 6.07 Å². The molecule has 2 aromatic rings. The first-order valence-corrected chi connectivity index (χ1v) is 6.32. The number of benzene rings is 1. The van der Waals surface area contributed by atoms with Gasteiger partial charge in [0.05, 0.1) is 7.11 Å². The van der Waals surface area contributed by atoms with Gasteiger partial charge in [-0.2, -0.15) is 5.26 Å². The Morgan fingerprint density at radius 2 is 2.19 bits per heavy atom. The Hall–Kier alpha value is -3.00. The van der Waals surface area contributed by atoms with Crippen LogP contribution in [0.3, 0.4) is 0 Å². The summed E-state index contributed by atoms with van der Waals surface area (Å²) in [6.45, 7) is 0. The van der Waals surface area contributed by atoms with Crippen molar-refractivity contribution in [2.75, 3.05) is 12.4 Å². The van der Waals surface area contributed by atoms with Crippen LogP contribution in [-0.4, -0.2) is 17.6 Å². The molecule has 1 aromatic heterocycles. The molecule has 1 N–H and O–H groups in total. The number of nitriles is 1. The normalized spacial score (nSPS) is 10.8. The molecule has 1 amide bonds. The summed E-state index contributed by atoms with van der Waals surface area (Å²) in [5, 5.41) is 11.8. The molecule has 0 saturated carbocycles. The monoisotopic (exact) mass is 281 g/mol. The van der Waals surface area contributed by atoms with Crippen molar-refractivity contribution in [3.63, 3.8) is 0 Å². The van der Waals surface area contributed by atoms with E-state index in [9.17, 15) is 4.79 Å². The summed E-state index contributed by atoms with van der Waals surface area (Å²) in [7, 11) is 3.40. The number of carbonyl (C=O) groups is 1. The van der Waals surface area contributed by atoms with Gasteiger partial charge in [0.2, 0.25) is 0 Å². The van der Waals surface area contributed by atoms with Crippen LogP contribution in [0.15, 0.2) is 48.2 Å². The van der Waals surface area contributed by atoms with Gasteiger partial charge in [0.1, 0.15) is 17.4 Å². The average Bonchev–Trinajstić information content (AvgIpc) is 2.90. The third-order valence-electron chi connectivity index (χ3n) is 2.97. The van der Waals surface area contributed by atoms with Crippen molar-refractivity contribution < 1.29 is 9.53 Å². The number of carbonyl (C=O) groups excluding carboxylic acids is 1. The summed E-state index contributed by atoms with van der Waals surface area (Å²) >= 11 is 0. The van der Waals surface area contributed by atoms with Crippen molar-refractivity contribution in [3.05, 3.63) is 53.9 Å². The molecule has 0 aliphatic heterocycles. The molecule has 0 unspecified atom stereocenters. The molecule has 0 atom stereocenters. The van der Waals surface area contributed by atoms with Crippen LogP contribution in [0.5, 0.6) is 5.75 Å². The van der Waals surface area contributed by atoms with Crippen LogP contribution < -0.4 is 10.1 Å². The highest BCUT2D eigenvalue weighted by Gasteiger charge is 2.10. The van der Waals surface area contributed by atoms with Crippen molar-refractivity contribution >= 4 is 17.7 Å². The second kappa shape index (κ2) is 6.44. The fourth-order valence-corrected chi connectivity index (χ4v) is 1.82. The molecule has 2 rings (SSSR count). The molecule has 0 radical (unpaired) electrons. The van der Waals surface area contributed by atoms with E-state index < -0.39 is 5.91 Å². The molecule has 0 bridgehead atoms. The predicted octanol–water partition coefficient (Wildman–Crippen LogP) is 2.58. The minimum absolute atomic E-state index is 0.0413. The number of hydrogen-bond donors (Lipinski definition) is 1. The average molecular weight is 281 g/mol. The molecule has 106 valence electrons. The maximum absolute atomic E-state index is 12.1. The molecule has 0 fully saturated rings. The SMILES string of the molecule is COc1cccc(NC(=O)/C(C#N)=C/c2cccn2C)c1. The lowest BCUT2D eigenvalue weighted by Gasteiger charge is -2.06. The van der Waals surface area contributed by atoms with E-state index >= 15 is 0 Å². The Morgan fingerprint density at radius 1 is 1.38 bits per heavy atom. The van der Waals surface area contributed by atoms with Crippen molar-refractivity contribution in [3.8, 4) is 11.8 Å². The Labute approximate surface area is 123 Å². The summed E-state index contributed by atoms with van der Waals surface area (Å²) in [6.07, 6.45) is 3.40. The number of nitrogens with one attached hydrogen (secondary N) is 1. The van der Waals surface area contributed by atoms with E-state index in [0.29, 0.717) is 11.4 Å². The third kappa shape index (κ3) is 3.51. The van der Waals surface area contributed by atoms with Gasteiger partial charge in [0.15, 0.2) is 0 Å². The van der Waals surface area contributed by atoms with E-state index in [4.69, 9.17) is 10.00 Å². The van der Waals surface area contributed by atoms with E-state index in [1.807, 2.05) is 36.0 Å². The van der Waals surface area contributed by atoms with Crippen molar-refractivity contribution in [2.24, 2.45) is 7.05 Å². The molecule has 0 saturated heterocycles. The van der Waals surface area contributed by atoms with Crippen LogP contribution >= 0.6 is 0 Å². The molecule has 5 heteroatoms. The number of anilines is 1. The Bertz CT molecular complexity index is 723. The summed E-state index contributed by atoms with van der Waals surface area (Å²) in [5.74, 6) is 0.185. The van der Waals surface area contributed by atoms with Crippen molar-refractivity contribution in [1.29, 1.82) is 5.26 Å². The molecular weight excluding hydrogens is 266 g/mol. The smallest absolute Gasteiger partial charge is 0.266 e. The molecule has 0 aliphatic carbocycles. The topological polar surface area (TPSA) is 67.0 Å². The van der Waals surface area contributed by atoms with Crippen LogP contribution in [0.4, 0.5) is 5.69 Å². The van der Waals surface area contributed by atoms with Crippen LogP contribution in [-0.2, 0) is 11.8 Å². The minimum Gasteiger partial charge on any atom is -0.497 e. The fourth-order valence-electron chi connectivity index (χ4n) is 1.82. The summed E-state index contributed by atoms with van der Waals surface area (Å²) in [6, 6.07) is 12.6. The Kier molecular flexibility index (Phi) is 4.42. The summed E-state index contributed by atoms with van der Waals surface area (Å²) in [5.41, 5.74) is 1.40. The number of methoxy groups -OCH3 is 1. The van der Waals surface area contributed by atoms with Crippen LogP contribution in [0.2, 0.25) is 0 Å². The van der Waals surface area contributed by atoms with Crippen molar-refractivity contribution in [1.82, 2.24) is 4.57 Å². The highest BCUT2D eigenvalue weighted by Crippen LogP contribution is 2.17. The number of nitrogens with zero attached hydrogens (tertiary/aromatic N) is 2. The first-order valence-electron chi connectivity index (χ1n) is 6.32. The van der Waals surface area contributed by atoms with E-state index in [-0.39, 0.29) is 5.57 Å². The zero-order valence-electron chi connectivity index (χ0n) is 11.8. The lowest BCUT2D eigenvalue weighted by molar-refractivity contribution is -0.112. The van der Waals surface area contributed by atoms with Gasteiger partial charge in [0.25, 0.3) is 5.91 Å². The van der Waals surface area contributed by atoms with Gasteiger partial charge >= 0.3 is 0 Å². The number of aryl methyl sites for hydroxylation is 1. The Morgan fingerprint density at radius 3 is 2.81 bits per heavy atom. The molecule has 0 aliphatic rings. The maximum Gasteiger partial charge on any atom is 0.266 e. The molecule has 21 heavy (non-hydrogen) atoms. The van der Waals surface area contributed by atoms with Gasteiger partial charge in [0, 0.05) is 30.7 Å². The van der Waals surface area contributed by atoms with Crippen LogP contribution in [0.1, 0.15) is 5.69 Å². The van der Waals surface area contributed by atoms with E-state index in [2.05, 4.69) is 5.32 Å².